The molecule has 0 N–H and O–H groups in total. The molecule has 1 saturated heterocycles. The summed E-state index contributed by atoms with van der Waals surface area (Å²) < 4.78 is 0. The van der Waals surface area contributed by atoms with Crippen LogP contribution in [0.25, 0.3) is 0 Å². The molecule has 0 amide bonds. The van der Waals surface area contributed by atoms with E-state index in [0.29, 0.717) is 0 Å². The molecule has 0 spiro atoms. The smallest absolute Gasteiger partial charge is 0.0795 e. The van der Waals surface area contributed by atoms with Gasteiger partial charge in [0.05, 0.1) is 23.2 Å². The number of hydrogen-bond donors (Lipinski definition) is 0. The summed E-state index contributed by atoms with van der Waals surface area (Å²) in [5.41, 5.74) is 3.00. The van der Waals surface area contributed by atoms with Crippen molar-refractivity contribution in [2.75, 3.05) is 13.1 Å². The van der Waals surface area contributed by atoms with Gasteiger partial charge in [0.1, 0.15) is 0 Å². The third-order valence-electron chi connectivity index (χ3n) is 2.56. The zero-order valence-corrected chi connectivity index (χ0v) is 8.83. The van der Waals surface area contributed by atoms with E-state index >= 15 is 0 Å². The van der Waals surface area contributed by atoms with Gasteiger partial charge in [0.15, 0.2) is 0 Å². The zero-order chi connectivity index (χ0) is 9.80. The van der Waals surface area contributed by atoms with E-state index in [1.165, 1.54) is 0 Å². The van der Waals surface area contributed by atoms with Crippen LogP contribution in [0.4, 0.5) is 0 Å². The van der Waals surface area contributed by atoms with Gasteiger partial charge in [-0.1, -0.05) is 0 Å². The van der Waals surface area contributed by atoms with Crippen molar-refractivity contribution in [1.82, 2.24) is 9.88 Å². The van der Waals surface area contributed by atoms with Gasteiger partial charge in [-0.2, -0.15) is 5.26 Å². The second kappa shape index (κ2) is 4.54. The molecule has 2 rings (SSSR count). The van der Waals surface area contributed by atoms with Gasteiger partial charge in [0.2, 0.25) is 0 Å². The normalized spacial score (nSPS) is 23.2. The van der Waals surface area contributed by atoms with E-state index in [2.05, 4.69) is 21.3 Å². The highest BCUT2D eigenvalue weighted by atomic mass is 32.1. The molecule has 2 heterocycles. The van der Waals surface area contributed by atoms with Crippen molar-refractivity contribution in [3.05, 3.63) is 16.6 Å². The van der Waals surface area contributed by atoms with E-state index in [-0.39, 0.29) is 5.92 Å². The van der Waals surface area contributed by atoms with Crippen LogP contribution >= 0.6 is 11.3 Å². The molecule has 1 aromatic heterocycles. The minimum absolute atomic E-state index is 0.224. The van der Waals surface area contributed by atoms with Crippen LogP contribution in [-0.2, 0) is 6.54 Å². The van der Waals surface area contributed by atoms with Gasteiger partial charge in [0.25, 0.3) is 0 Å². The number of likely N-dealkylation sites (tertiary alicyclic amines) is 1. The van der Waals surface area contributed by atoms with Gasteiger partial charge < -0.3 is 0 Å². The summed E-state index contributed by atoms with van der Waals surface area (Å²) >= 11 is 1.63. The minimum Gasteiger partial charge on any atom is -0.296 e. The number of aromatic nitrogens is 1. The average molecular weight is 207 g/mol. The molecule has 1 aromatic rings. The van der Waals surface area contributed by atoms with Gasteiger partial charge in [-0.15, -0.1) is 11.3 Å². The van der Waals surface area contributed by atoms with Gasteiger partial charge >= 0.3 is 0 Å². The van der Waals surface area contributed by atoms with Crippen molar-refractivity contribution in [1.29, 1.82) is 5.26 Å². The molecule has 1 aliphatic heterocycles. The maximum atomic E-state index is 8.84. The van der Waals surface area contributed by atoms with Crippen molar-refractivity contribution in [2.45, 2.75) is 19.4 Å². The van der Waals surface area contributed by atoms with Crippen LogP contribution in [0, 0.1) is 17.2 Å². The Hall–Kier alpha value is -0.920. The molecule has 0 aliphatic carbocycles. The second-order valence-corrected chi connectivity index (χ2v) is 4.40. The molecule has 74 valence electrons. The molecule has 1 aliphatic rings. The molecule has 0 saturated carbocycles. The number of piperidine rings is 1. The largest absolute Gasteiger partial charge is 0.296 e. The van der Waals surface area contributed by atoms with Crippen molar-refractivity contribution >= 4 is 11.3 Å². The van der Waals surface area contributed by atoms with Crippen molar-refractivity contribution in [3.63, 3.8) is 0 Å². The standard InChI is InChI=1S/C10H13N3S/c11-4-9-2-1-3-13(5-9)6-10-7-14-8-12-10/h7-9H,1-3,5-6H2/t9-/m1/s1. The van der Waals surface area contributed by atoms with Crippen LogP contribution < -0.4 is 0 Å². The van der Waals surface area contributed by atoms with Crippen LogP contribution in [0.5, 0.6) is 0 Å². The second-order valence-electron chi connectivity index (χ2n) is 3.68. The van der Waals surface area contributed by atoms with E-state index in [1.807, 2.05) is 5.51 Å². The lowest BCUT2D eigenvalue weighted by atomic mass is 10.00. The van der Waals surface area contributed by atoms with Crippen LogP contribution in [0.15, 0.2) is 10.9 Å². The average Bonchev–Trinajstić information content (AvgIpc) is 2.71. The summed E-state index contributed by atoms with van der Waals surface area (Å²) in [5, 5.41) is 10.9. The Balaban J connectivity index is 1.90. The Morgan fingerprint density at radius 3 is 3.36 bits per heavy atom. The molecule has 14 heavy (non-hydrogen) atoms. The summed E-state index contributed by atoms with van der Waals surface area (Å²) in [5.74, 6) is 0.224. The predicted octanol–water partition coefficient (Wildman–Crippen LogP) is 1.88. The summed E-state index contributed by atoms with van der Waals surface area (Å²) in [6.07, 6.45) is 2.20. The predicted molar refractivity (Wildman–Crippen MR) is 55.7 cm³/mol. The van der Waals surface area contributed by atoms with Crippen LogP contribution in [-0.4, -0.2) is 23.0 Å². The van der Waals surface area contributed by atoms with Gasteiger partial charge in [-0.3, -0.25) is 4.90 Å². The molecule has 1 fully saturated rings. The molecular weight excluding hydrogens is 194 g/mol. The van der Waals surface area contributed by atoms with Crippen LogP contribution in [0.2, 0.25) is 0 Å². The monoisotopic (exact) mass is 207 g/mol. The zero-order valence-electron chi connectivity index (χ0n) is 8.02. The molecule has 4 heteroatoms. The molecular formula is C10H13N3S. The third-order valence-corrected chi connectivity index (χ3v) is 3.19. The van der Waals surface area contributed by atoms with E-state index in [1.54, 1.807) is 11.3 Å². The number of rotatable bonds is 2. The molecule has 0 radical (unpaired) electrons. The Bertz CT molecular complexity index is 315. The fraction of sp³-hybridized carbons (Fsp3) is 0.600. The Kier molecular flexibility index (Phi) is 3.12. The van der Waals surface area contributed by atoms with E-state index in [9.17, 15) is 0 Å². The summed E-state index contributed by atoms with van der Waals surface area (Å²) in [6, 6.07) is 2.35. The Morgan fingerprint density at radius 2 is 2.64 bits per heavy atom. The van der Waals surface area contributed by atoms with Gasteiger partial charge in [-0.25, -0.2) is 4.98 Å². The third kappa shape index (κ3) is 2.31. The lowest BCUT2D eigenvalue weighted by molar-refractivity contribution is 0.190. The lowest BCUT2D eigenvalue weighted by Crippen LogP contribution is -2.34. The molecule has 0 unspecified atom stereocenters. The summed E-state index contributed by atoms with van der Waals surface area (Å²) in [7, 11) is 0. The fourth-order valence-electron chi connectivity index (χ4n) is 1.85. The minimum atomic E-state index is 0.224. The van der Waals surface area contributed by atoms with E-state index < -0.39 is 0 Å². The van der Waals surface area contributed by atoms with Crippen molar-refractivity contribution in [3.8, 4) is 6.07 Å². The molecule has 0 aromatic carbocycles. The summed E-state index contributed by atoms with van der Waals surface area (Å²) in [6.45, 7) is 2.92. The molecule has 1 atom stereocenters. The topological polar surface area (TPSA) is 39.9 Å². The highest BCUT2D eigenvalue weighted by molar-refractivity contribution is 7.07. The first-order chi connectivity index (χ1) is 6.88. The Labute approximate surface area is 88.0 Å². The van der Waals surface area contributed by atoms with Gasteiger partial charge in [0, 0.05) is 18.5 Å². The molecule has 0 bridgehead atoms. The van der Waals surface area contributed by atoms with Crippen molar-refractivity contribution < 1.29 is 0 Å². The van der Waals surface area contributed by atoms with Gasteiger partial charge in [-0.05, 0) is 19.4 Å². The van der Waals surface area contributed by atoms with Crippen LogP contribution in [0.3, 0.4) is 0 Å². The van der Waals surface area contributed by atoms with E-state index in [0.717, 1.165) is 38.2 Å². The lowest BCUT2D eigenvalue weighted by Gasteiger charge is -2.28. The van der Waals surface area contributed by atoms with Crippen molar-refractivity contribution in [2.24, 2.45) is 5.92 Å². The number of hydrogen-bond acceptors (Lipinski definition) is 4. The maximum Gasteiger partial charge on any atom is 0.0795 e. The number of nitriles is 1. The number of thiazole rings is 1. The highest BCUT2D eigenvalue weighted by Gasteiger charge is 2.19. The van der Waals surface area contributed by atoms with E-state index in [4.69, 9.17) is 5.26 Å². The first kappa shape index (κ1) is 9.63. The van der Waals surface area contributed by atoms with Crippen LogP contribution in [0.1, 0.15) is 18.5 Å². The fourth-order valence-corrected chi connectivity index (χ4v) is 2.40. The quantitative estimate of drug-likeness (QED) is 0.743. The first-order valence-electron chi connectivity index (χ1n) is 4.87. The summed E-state index contributed by atoms with van der Waals surface area (Å²) in [4.78, 5) is 6.58. The number of nitrogens with zero attached hydrogens (tertiary/aromatic N) is 3. The SMILES string of the molecule is N#C[C@H]1CCCN(Cc2cscn2)C1. The Morgan fingerprint density at radius 1 is 1.71 bits per heavy atom. The molecule has 3 nitrogen and oxygen atoms in total. The maximum absolute atomic E-state index is 8.84. The first-order valence-corrected chi connectivity index (χ1v) is 5.82. The highest BCUT2D eigenvalue weighted by Crippen LogP contribution is 2.17.